The molecule has 0 unspecified atom stereocenters. The first kappa shape index (κ1) is 19.8. The largest absolute Gasteiger partial charge is 0.486 e. The van der Waals surface area contributed by atoms with Crippen molar-refractivity contribution in [3.63, 3.8) is 0 Å². The third-order valence-electron chi connectivity index (χ3n) is 4.15. The van der Waals surface area contributed by atoms with Gasteiger partial charge in [0.2, 0.25) is 0 Å². The monoisotopic (exact) mass is 399 g/mol. The van der Waals surface area contributed by atoms with E-state index in [1.165, 1.54) is 0 Å². The number of aromatic nitrogens is 4. The molecule has 1 aromatic heterocycles. The lowest BCUT2D eigenvalue weighted by Gasteiger charge is -2.10. The standard InChI is InChI=1S/C20H22ClN5O2/c1-14(2)26-19(23-24-25-26)13-28-18-9-5-16(6-10-18)20(27)22-12-11-15-3-7-17(21)8-4-15/h3-10,14H,11-13H2,1-2H3,(H,22,27). The fourth-order valence-corrected chi connectivity index (χ4v) is 2.76. The Morgan fingerprint density at radius 1 is 1.14 bits per heavy atom. The lowest BCUT2D eigenvalue weighted by molar-refractivity contribution is 0.0954. The number of halogens is 1. The molecule has 2 aromatic carbocycles. The zero-order valence-corrected chi connectivity index (χ0v) is 16.6. The molecule has 28 heavy (non-hydrogen) atoms. The highest BCUT2D eigenvalue weighted by Gasteiger charge is 2.10. The molecule has 3 rings (SSSR count). The van der Waals surface area contributed by atoms with E-state index < -0.39 is 0 Å². The number of hydrogen-bond donors (Lipinski definition) is 1. The van der Waals surface area contributed by atoms with E-state index in [0.29, 0.717) is 28.7 Å². The summed E-state index contributed by atoms with van der Waals surface area (Å²) >= 11 is 5.87. The van der Waals surface area contributed by atoms with Crippen molar-refractivity contribution >= 4 is 17.5 Å². The minimum Gasteiger partial charge on any atom is -0.486 e. The summed E-state index contributed by atoms with van der Waals surface area (Å²) in [5.41, 5.74) is 1.70. The Morgan fingerprint density at radius 2 is 1.86 bits per heavy atom. The van der Waals surface area contributed by atoms with Crippen LogP contribution >= 0.6 is 11.6 Å². The fraction of sp³-hybridized carbons (Fsp3) is 0.300. The molecular weight excluding hydrogens is 378 g/mol. The molecule has 3 aromatic rings. The fourth-order valence-electron chi connectivity index (χ4n) is 2.63. The van der Waals surface area contributed by atoms with Crippen LogP contribution in [0.25, 0.3) is 0 Å². The Hall–Kier alpha value is -2.93. The topological polar surface area (TPSA) is 81.9 Å². The summed E-state index contributed by atoms with van der Waals surface area (Å²) in [5.74, 6) is 1.18. The van der Waals surface area contributed by atoms with Gasteiger partial charge in [0.1, 0.15) is 12.4 Å². The average molecular weight is 400 g/mol. The van der Waals surface area contributed by atoms with Gasteiger partial charge >= 0.3 is 0 Å². The second kappa shape index (κ2) is 9.32. The van der Waals surface area contributed by atoms with Gasteiger partial charge in [-0.15, -0.1) is 5.10 Å². The third-order valence-corrected chi connectivity index (χ3v) is 4.40. The maximum Gasteiger partial charge on any atom is 0.251 e. The highest BCUT2D eigenvalue weighted by atomic mass is 35.5. The van der Waals surface area contributed by atoms with Crippen LogP contribution in [0.1, 0.15) is 41.6 Å². The Bertz CT molecular complexity index is 907. The van der Waals surface area contributed by atoms with Gasteiger partial charge in [0, 0.05) is 17.1 Å². The van der Waals surface area contributed by atoms with Crippen LogP contribution in [0.5, 0.6) is 5.75 Å². The van der Waals surface area contributed by atoms with Crippen LogP contribution < -0.4 is 10.1 Å². The van der Waals surface area contributed by atoms with Crippen molar-refractivity contribution in [2.45, 2.75) is 32.9 Å². The number of tetrazole rings is 1. The van der Waals surface area contributed by atoms with E-state index in [1.54, 1.807) is 28.9 Å². The van der Waals surface area contributed by atoms with Gasteiger partial charge in [-0.25, -0.2) is 4.68 Å². The maximum atomic E-state index is 12.3. The van der Waals surface area contributed by atoms with Gasteiger partial charge in [-0.05, 0) is 72.7 Å². The average Bonchev–Trinajstić information content (AvgIpc) is 3.17. The molecule has 0 fully saturated rings. The Kier molecular flexibility index (Phi) is 6.60. The van der Waals surface area contributed by atoms with E-state index in [-0.39, 0.29) is 18.6 Å². The maximum absolute atomic E-state index is 12.3. The molecule has 0 aliphatic carbocycles. The molecule has 146 valence electrons. The summed E-state index contributed by atoms with van der Waals surface area (Å²) in [6.07, 6.45) is 0.745. The summed E-state index contributed by atoms with van der Waals surface area (Å²) in [7, 11) is 0. The molecule has 0 bridgehead atoms. The van der Waals surface area contributed by atoms with Crippen molar-refractivity contribution in [1.82, 2.24) is 25.5 Å². The summed E-state index contributed by atoms with van der Waals surface area (Å²) in [5, 5.41) is 15.2. The minimum atomic E-state index is -0.121. The highest BCUT2D eigenvalue weighted by molar-refractivity contribution is 6.30. The van der Waals surface area contributed by atoms with E-state index in [9.17, 15) is 4.79 Å². The summed E-state index contributed by atoms with van der Waals surface area (Å²) in [6.45, 7) is 4.81. The van der Waals surface area contributed by atoms with Gasteiger partial charge in [0.25, 0.3) is 5.91 Å². The zero-order valence-electron chi connectivity index (χ0n) is 15.8. The van der Waals surface area contributed by atoms with Crippen molar-refractivity contribution in [2.24, 2.45) is 0 Å². The van der Waals surface area contributed by atoms with Crippen molar-refractivity contribution in [3.8, 4) is 5.75 Å². The van der Waals surface area contributed by atoms with Crippen LogP contribution in [0.2, 0.25) is 5.02 Å². The first-order valence-corrected chi connectivity index (χ1v) is 9.43. The number of nitrogens with one attached hydrogen (secondary N) is 1. The number of amides is 1. The molecule has 0 aliphatic rings. The molecule has 0 aliphatic heterocycles. The minimum absolute atomic E-state index is 0.121. The number of ether oxygens (including phenoxy) is 1. The summed E-state index contributed by atoms with van der Waals surface area (Å²) in [4.78, 5) is 12.3. The predicted octanol–water partition coefficient (Wildman–Crippen LogP) is 3.46. The van der Waals surface area contributed by atoms with Crippen LogP contribution in [0.4, 0.5) is 0 Å². The molecule has 0 radical (unpaired) electrons. The Balaban J connectivity index is 1.48. The lowest BCUT2D eigenvalue weighted by Crippen LogP contribution is -2.25. The molecule has 0 saturated carbocycles. The van der Waals surface area contributed by atoms with Gasteiger partial charge in [-0.1, -0.05) is 23.7 Å². The van der Waals surface area contributed by atoms with Crippen molar-refractivity contribution in [3.05, 3.63) is 70.5 Å². The van der Waals surface area contributed by atoms with E-state index in [2.05, 4.69) is 20.8 Å². The molecule has 7 nitrogen and oxygen atoms in total. The van der Waals surface area contributed by atoms with Crippen molar-refractivity contribution < 1.29 is 9.53 Å². The van der Waals surface area contributed by atoms with Crippen LogP contribution in [-0.2, 0) is 13.0 Å². The molecular formula is C20H22ClN5O2. The van der Waals surface area contributed by atoms with E-state index in [4.69, 9.17) is 16.3 Å². The molecule has 1 N–H and O–H groups in total. The Labute approximate surface area is 168 Å². The number of nitrogens with zero attached hydrogens (tertiary/aromatic N) is 4. The van der Waals surface area contributed by atoms with E-state index in [0.717, 1.165) is 12.0 Å². The van der Waals surface area contributed by atoms with Crippen molar-refractivity contribution in [2.75, 3.05) is 6.54 Å². The number of hydrogen-bond acceptors (Lipinski definition) is 5. The first-order chi connectivity index (χ1) is 13.5. The first-order valence-electron chi connectivity index (χ1n) is 9.05. The number of benzene rings is 2. The molecule has 8 heteroatoms. The van der Waals surface area contributed by atoms with Crippen molar-refractivity contribution in [1.29, 1.82) is 0 Å². The zero-order chi connectivity index (χ0) is 19.9. The normalized spacial score (nSPS) is 10.9. The van der Waals surface area contributed by atoms with Crippen LogP contribution in [0.15, 0.2) is 48.5 Å². The molecule has 1 heterocycles. The van der Waals surface area contributed by atoms with Gasteiger partial charge in [-0.3, -0.25) is 4.79 Å². The van der Waals surface area contributed by atoms with E-state index >= 15 is 0 Å². The predicted molar refractivity (Wildman–Crippen MR) is 106 cm³/mol. The van der Waals surface area contributed by atoms with Crippen LogP contribution in [0, 0.1) is 0 Å². The van der Waals surface area contributed by atoms with Gasteiger partial charge in [-0.2, -0.15) is 0 Å². The number of rotatable bonds is 8. The summed E-state index contributed by atoms with van der Waals surface area (Å²) < 4.78 is 7.43. The number of carbonyl (C=O) groups excluding carboxylic acids is 1. The molecule has 0 spiro atoms. The molecule has 0 saturated heterocycles. The number of carbonyl (C=O) groups is 1. The van der Waals surface area contributed by atoms with Crippen LogP contribution in [-0.4, -0.2) is 32.7 Å². The Morgan fingerprint density at radius 3 is 2.54 bits per heavy atom. The van der Waals surface area contributed by atoms with Gasteiger partial charge in [0.05, 0.1) is 6.04 Å². The molecule has 1 amide bonds. The smallest absolute Gasteiger partial charge is 0.251 e. The highest BCUT2D eigenvalue weighted by Crippen LogP contribution is 2.15. The van der Waals surface area contributed by atoms with E-state index in [1.807, 2.05) is 38.1 Å². The van der Waals surface area contributed by atoms with Gasteiger partial charge < -0.3 is 10.1 Å². The second-order valence-corrected chi connectivity index (χ2v) is 7.02. The quantitative estimate of drug-likeness (QED) is 0.627. The SMILES string of the molecule is CC(C)n1nnnc1COc1ccc(C(=O)NCCc2ccc(Cl)cc2)cc1. The lowest BCUT2D eigenvalue weighted by atomic mass is 10.1. The third kappa shape index (κ3) is 5.29. The second-order valence-electron chi connectivity index (χ2n) is 6.58. The molecule has 0 atom stereocenters. The van der Waals surface area contributed by atoms with Gasteiger partial charge in [0.15, 0.2) is 5.82 Å². The van der Waals surface area contributed by atoms with Crippen LogP contribution in [0.3, 0.4) is 0 Å². The summed E-state index contributed by atoms with van der Waals surface area (Å²) in [6, 6.07) is 14.7.